The molecule has 0 radical (unpaired) electrons. The summed E-state index contributed by atoms with van der Waals surface area (Å²) in [6, 6.07) is 14.5. The second-order valence-electron chi connectivity index (χ2n) is 5.94. The lowest BCUT2D eigenvalue weighted by Crippen LogP contribution is -2.25. The normalized spacial score (nSPS) is 11.2. The van der Waals surface area contributed by atoms with Gasteiger partial charge in [-0.2, -0.15) is 10.1 Å². The molecule has 0 unspecified atom stereocenters. The van der Waals surface area contributed by atoms with Crippen LogP contribution in [0, 0.1) is 5.82 Å². The highest BCUT2D eigenvalue weighted by molar-refractivity contribution is 7.22. The van der Waals surface area contributed by atoms with E-state index in [0.29, 0.717) is 39.0 Å². The second-order valence-corrected chi connectivity index (χ2v) is 6.95. The standard InChI is InChI=1S/C21H16FN3O3S/c1-2-27-16-8-5-14(6-9-16)20(26)25(23-13-17-4-3-11-28-17)21-24-18-10-7-15(22)12-19(18)29-21/h3-13H,2H2,1H3/b23-13+. The lowest BCUT2D eigenvalue weighted by Gasteiger charge is -2.14. The van der Waals surface area contributed by atoms with Crippen LogP contribution in [0.4, 0.5) is 9.52 Å². The molecule has 8 heteroatoms. The van der Waals surface area contributed by atoms with E-state index in [1.165, 1.54) is 41.0 Å². The summed E-state index contributed by atoms with van der Waals surface area (Å²) in [6.07, 6.45) is 2.94. The van der Waals surface area contributed by atoms with Gasteiger partial charge < -0.3 is 9.15 Å². The van der Waals surface area contributed by atoms with Gasteiger partial charge in [0.15, 0.2) is 0 Å². The molecular formula is C21H16FN3O3S. The molecule has 29 heavy (non-hydrogen) atoms. The first-order valence-corrected chi connectivity index (χ1v) is 9.66. The van der Waals surface area contributed by atoms with Gasteiger partial charge in [-0.15, -0.1) is 0 Å². The Balaban J connectivity index is 1.71. The summed E-state index contributed by atoms with van der Waals surface area (Å²) >= 11 is 1.18. The van der Waals surface area contributed by atoms with Gasteiger partial charge in [0.2, 0.25) is 5.13 Å². The Morgan fingerprint density at radius 2 is 2.10 bits per heavy atom. The third-order valence-electron chi connectivity index (χ3n) is 3.97. The maximum Gasteiger partial charge on any atom is 0.280 e. The third kappa shape index (κ3) is 4.17. The Morgan fingerprint density at radius 1 is 1.28 bits per heavy atom. The molecular weight excluding hydrogens is 393 g/mol. The zero-order valence-corrected chi connectivity index (χ0v) is 16.2. The molecule has 0 atom stereocenters. The summed E-state index contributed by atoms with van der Waals surface area (Å²) < 4.78 is 24.8. The largest absolute Gasteiger partial charge is 0.494 e. The number of rotatable bonds is 6. The van der Waals surface area contributed by atoms with Crippen LogP contribution in [0.2, 0.25) is 0 Å². The first kappa shape index (κ1) is 18.8. The van der Waals surface area contributed by atoms with Gasteiger partial charge in [-0.1, -0.05) is 11.3 Å². The molecule has 0 aliphatic heterocycles. The molecule has 2 heterocycles. The Kier molecular flexibility index (Phi) is 5.35. The molecule has 1 amide bonds. The number of nitrogens with zero attached hydrogens (tertiary/aromatic N) is 3. The number of aromatic nitrogens is 1. The van der Waals surface area contributed by atoms with Crippen LogP contribution in [0.1, 0.15) is 23.0 Å². The highest BCUT2D eigenvalue weighted by Gasteiger charge is 2.21. The summed E-state index contributed by atoms with van der Waals surface area (Å²) in [6.45, 7) is 2.43. The van der Waals surface area contributed by atoms with E-state index in [0.717, 1.165) is 0 Å². The van der Waals surface area contributed by atoms with Crippen molar-refractivity contribution in [3.05, 3.63) is 78.0 Å². The Bertz CT molecular complexity index is 1150. The van der Waals surface area contributed by atoms with Crippen molar-refractivity contribution in [3.63, 3.8) is 0 Å². The highest BCUT2D eigenvalue weighted by atomic mass is 32.1. The minimum Gasteiger partial charge on any atom is -0.494 e. The van der Waals surface area contributed by atoms with Gasteiger partial charge in [0.1, 0.15) is 17.3 Å². The molecule has 4 rings (SSSR count). The fraction of sp³-hybridized carbons (Fsp3) is 0.0952. The topological polar surface area (TPSA) is 67.9 Å². The van der Waals surface area contributed by atoms with Crippen molar-refractivity contribution < 1.29 is 18.3 Å². The first-order valence-electron chi connectivity index (χ1n) is 8.85. The number of ether oxygens (including phenoxy) is 1. The Morgan fingerprint density at radius 3 is 2.83 bits per heavy atom. The molecule has 0 N–H and O–H groups in total. The van der Waals surface area contributed by atoms with Crippen molar-refractivity contribution in [1.29, 1.82) is 0 Å². The van der Waals surface area contributed by atoms with Crippen LogP contribution < -0.4 is 9.75 Å². The Labute approximate surface area is 169 Å². The fourth-order valence-corrected chi connectivity index (χ4v) is 3.57. The molecule has 0 fully saturated rings. The van der Waals surface area contributed by atoms with E-state index in [1.54, 1.807) is 42.5 Å². The molecule has 0 aliphatic carbocycles. The summed E-state index contributed by atoms with van der Waals surface area (Å²) in [5, 5.41) is 5.78. The molecule has 4 aromatic rings. The monoisotopic (exact) mass is 409 g/mol. The quantitative estimate of drug-likeness (QED) is 0.328. The molecule has 0 aliphatic rings. The predicted octanol–water partition coefficient (Wildman–Crippen LogP) is 5.11. The summed E-state index contributed by atoms with van der Waals surface area (Å²) in [5.41, 5.74) is 1.000. The first-order chi connectivity index (χ1) is 14.1. The number of hydrogen-bond acceptors (Lipinski definition) is 6. The average molecular weight is 409 g/mol. The molecule has 0 saturated carbocycles. The van der Waals surface area contributed by atoms with Crippen molar-refractivity contribution in [2.75, 3.05) is 11.6 Å². The molecule has 146 valence electrons. The highest BCUT2D eigenvalue weighted by Crippen LogP contribution is 2.30. The van der Waals surface area contributed by atoms with Crippen LogP contribution in [0.5, 0.6) is 5.75 Å². The van der Waals surface area contributed by atoms with Crippen LogP contribution in [0.15, 0.2) is 70.4 Å². The number of furan rings is 1. The maximum atomic E-state index is 13.5. The van der Waals surface area contributed by atoms with Crippen molar-refractivity contribution >= 4 is 38.8 Å². The number of amides is 1. The predicted molar refractivity (Wildman–Crippen MR) is 110 cm³/mol. The van der Waals surface area contributed by atoms with Crippen LogP contribution in [-0.2, 0) is 0 Å². The number of carbonyl (C=O) groups excluding carboxylic acids is 1. The fourth-order valence-electron chi connectivity index (χ4n) is 2.63. The van der Waals surface area contributed by atoms with Gasteiger partial charge in [0, 0.05) is 5.56 Å². The molecule has 0 saturated heterocycles. The summed E-state index contributed by atoms with van der Waals surface area (Å²) in [4.78, 5) is 17.6. The second kappa shape index (κ2) is 8.24. The van der Waals surface area contributed by atoms with E-state index in [2.05, 4.69) is 10.1 Å². The lowest BCUT2D eigenvalue weighted by atomic mass is 10.2. The van der Waals surface area contributed by atoms with E-state index in [-0.39, 0.29) is 11.7 Å². The number of fused-ring (bicyclic) bond motifs is 1. The zero-order chi connectivity index (χ0) is 20.2. The van der Waals surface area contributed by atoms with Gasteiger partial charge in [-0.25, -0.2) is 9.37 Å². The van der Waals surface area contributed by atoms with Gasteiger partial charge in [0.05, 0.1) is 29.3 Å². The third-order valence-corrected chi connectivity index (χ3v) is 4.96. The van der Waals surface area contributed by atoms with E-state index in [1.807, 2.05) is 6.92 Å². The SMILES string of the molecule is CCOc1ccc(C(=O)N(/N=C/c2ccco2)c2nc3ccc(F)cc3s2)cc1. The van der Waals surface area contributed by atoms with Gasteiger partial charge >= 0.3 is 0 Å². The van der Waals surface area contributed by atoms with E-state index < -0.39 is 0 Å². The van der Waals surface area contributed by atoms with Crippen LogP contribution in [0.25, 0.3) is 10.2 Å². The van der Waals surface area contributed by atoms with E-state index >= 15 is 0 Å². The number of benzene rings is 2. The Hall–Kier alpha value is -3.52. The van der Waals surface area contributed by atoms with Crippen LogP contribution in [0.3, 0.4) is 0 Å². The number of hydrogen-bond donors (Lipinski definition) is 0. The van der Waals surface area contributed by atoms with Gasteiger partial charge in [-0.05, 0) is 61.5 Å². The molecule has 2 aromatic heterocycles. The molecule has 0 spiro atoms. The molecule has 0 bridgehead atoms. The van der Waals surface area contributed by atoms with Crippen molar-refractivity contribution in [2.45, 2.75) is 6.92 Å². The van der Waals surface area contributed by atoms with Crippen molar-refractivity contribution in [3.8, 4) is 5.75 Å². The van der Waals surface area contributed by atoms with Gasteiger partial charge in [-0.3, -0.25) is 4.79 Å². The van der Waals surface area contributed by atoms with E-state index in [4.69, 9.17) is 9.15 Å². The van der Waals surface area contributed by atoms with Gasteiger partial charge in [0.25, 0.3) is 5.91 Å². The number of thiazole rings is 1. The minimum absolute atomic E-state index is 0.326. The number of carbonyl (C=O) groups is 1. The van der Waals surface area contributed by atoms with Crippen LogP contribution in [-0.4, -0.2) is 23.7 Å². The average Bonchev–Trinajstić information content (AvgIpc) is 3.38. The van der Waals surface area contributed by atoms with Crippen LogP contribution >= 0.6 is 11.3 Å². The number of halogens is 1. The molecule has 6 nitrogen and oxygen atoms in total. The molecule has 2 aromatic carbocycles. The summed E-state index contributed by atoms with van der Waals surface area (Å²) in [7, 11) is 0. The smallest absolute Gasteiger partial charge is 0.280 e. The minimum atomic E-state index is -0.379. The maximum absolute atomic E-state index is 13.5. The number of hydrazone groups is 1. The van der Waals surface area contributed by atoms with Crippen molar-refractivity contribution in [1.82, 2.24) is 4.98 Å². The summed E-state index contributed by atoms with van der Waals surface area (Å²) in [5.74, 6) is 0.415. The van der Waals surface area contributed by atoms with E-state index in [9.17, 15) is 9.18 Å². The number of anilines is 1. The zero-order valence-electron chi connectivity index (χ0n) is 15.4. The van der Waals surface area contributed by atoms with Crippen molar-refractivity contribution in [2.24, 2.45) is 5.10 Å². The lowest BCUT2D eigenvalue weighted by molar-refractivity contribution is 0.0988.